The molecule has 36 heavy (non-hydrogen) atoms. The average molecular weight is 530 g/mol. The molecule has 0 N–H and O–H groups in total. The third kappa shape index (κ3) is 5.78. The van der Waals surface area contributed by atoms with Gasteiger partial charge in [0.1, 0.15) is 5.71 Å². The van der Waals surface area contributed by atoms with Crippen molar-refractivity contribution in [3.05, 3.63) is 120 Å². The maximum atomic E-state index is 10.7. The minimum Gasteiger partial charge on any atom is -0.741 e. The number of alkyl halides is 3. The van der Waals surface area contributed by atoms with E-state index in [4.69, 9.17) is 22.1 Å². The van der Waals surface area contributed by atoms with E-state index in [1.54, 1.807) is 0 Å². The molecule has 0 saturated heterocycles. The molecule has 5 nitrogen and oxygen atoms in total. The first kappa shape index (κ1) is 25.5. The summed E-state index contributed by atoms with van der Waals surface area (Å²) in [5.41, 5.74) is -2.42. The lowest BCUT2D eigenvalue weighted by Crippen LogP contribution is -2.21. The number of rotatable bonds is 3. The number of hydrogen-bond donors (Lipinski definition) is 0. The zero-order chi connectivity index (χ0) is 25.8. The van der Waals surface area contributed by atoms with E-state index in [1.165, 1.54) is 0 Å². The van der Waals surface area contributed by atoms with Crippen LogP contribution in [0, 0.1) is 0 Å². The van der Waals surface area contributed by atoms with Crippen LogP contribution in [0.1, 0.15) is 11.1 Å². The van der Waals surface area contributed by atoms with Crippen LogP contribution in [0.5, 0.6) is 11.5 Å². The monoisotopic (exact) mass is 529 g/mol. The Kier molecular flexibility index (Phi) is 7.48. The molecule has 184 valence electrons. The van der Waals surface area contributed by atoms with Crippen molar-refractivity contribution in [3.63, 3.8) is 0 Å². The van der Waals surface area contributed by atoms with Crippen LogP contribution >= 0.6 is 0 Å². The van der Waals surface area contributed by atoms with E-state index >= 15 is 0 Å². The Morgan fingerprint density at radius 2 is 1.06 bits per heavy atom. The van der Waals surface area contributed by atoms with Crippen LogP contribution in [0.25, 0.3) is 0 Å². The standard InChI is InChI=1S/C25H18NOS.CHF3O3S/c1-3-11-19(12-4-1)25(20-13-5-2-6-14-20)26-28-23-17-9-7-15-21(23)27-22-16-8-10-18-24(22)28;2-1(3,4)8(5,6)7/h1-18H;(H,5,6,7)/q+1;/p-1. The van der Waals surface area contributed by atoms with Crippen LogP contribution in [0.3, 0.4) is 0 Å². The maximum absolute atomic E-state index is 10.7. The van der Waals surface area contributed by atoms with Gasteiger partial charge in [0.15, 0.2) is 21.6 Å². The number of hydrogen-bond acceptors (Lipinski definition) is 5. The molecule has 0 amide bonds. The van der Waals surface area contributed by atoms with E-state index in [-0.39, 0.29) is 0 Å². The van der Waals surface area contributed by atoms with Gasteiger partial charge in [-0.3, -0.25) is 0 Å². The van der Waals surface area contributed by atoms with Crippen molar-refractivity contribution in [2.75, 3.05) is 0 Å². The molecule has 0 bridgehead atoms. The van der Waals surface area contributed by atoms with Gasteiger partial charge in [-0.2, -0.15) is 13.2 Å². The fraction of sp³-hybridized carbons (Fsp3) is 0.0385. The fourth-order valence-electron chi connectivity index (χ4n) is 3.28. The number of halogens is 3. The van der Waals surface area contributed by atoms with Crippen molar-refractivity contribution < 1.29 is 30.9 Å². The molecule has 1 aliphatic heterocycles. The molecule has 0 fully saturated rings. The molecule has 4 aromatic rings. The van der Waals surface area contributed by atoms with Crippen LogP contribution in [-0.2, 0) is 21.2 Å². The van der Waals surface area contributed by atoms with Gasteiger partial charge in [-0.1, -0.05) is 84.9 Å². The molecule has 0 spiro atoms. The lowest BCUT2D eigenvalue weighted by atomic mass is 10.0. The Labute approximate surface area is 209 Å². The maximum Gasteiger partial charge on any atom is 0.485 e. The number of benzene rings is 4. The second-order valence-electron chi connectivity index (χ2n) is 7.35. The second kappa shape index (κ2) is 10.6. The first-order valence-electron chi connectivity index (χ1n) is 10.5. The van der Waals surface area contributed by atoms with Crippen LogP contribution in [0.15, 0.2) is 123 Å². The van der Waals surface area contributed by atoms with Gasteiger partial charge >= 0.3 is 5.51 Å². The third-order valence-corrected chi connectivity index (χ3v) is 7.34. The minimum absolute atomic E-state index is 0.463. The molecular formula is C26H18F3NO4S2. The molecule has 0 saturated carbocycles. The molecule has 5 rings (SSSR count). The van der Waals surface area contributed by atoms with Crippen molar-refractivity contribution in [3.8, 4) is 11.5 Å². The molecule has 4 aromatic carbocycles. The van der Waals surface area contributed by atoms with E-state index in [9.17, 15) is 13.2 Å². The van der Waals surface area contributed by atoms with Crippen molar-refractivity contribution in [2.45, 2.75) is 15.3 Å². The first-order valence-corrected chi connectivity index (χ1v) is 13.1. The fourth-order valence-corrected chi connectivity index (χ4v) is 5.12. The number of fused-ring (bicyclic) bond motifs is 2. The van der Waals surface area contributed by atoms with E-state index in [1.807, 2.05) is 36.4 Å². The minimum atomic E-state index is -6.09. The van der Waals surface area contributed by atoms with Crippen molar-refractivity contribution in [1.29, 1.82) is 0 Å². The second-order valence-corrected chi connectivity index (χ2v) is 10.4. The van der Waals surface area contributed by atoms with Crippen LogP contribution in [-0.4, -0.2) is 24.2 Å². The summed E-state index contributed by atoms with van der Waals surface area (Å²) in [5.74, 6) is 1.77. The van der Waals surface area contributed by atoms with Gasteiger partial charge in [-0.15, -0.1) is 0 Å². The highest BCUT2D eigenvalue weighted by Gasteiger charge is 2.39. The number of nitrogens with zero attached hydrogens (tertiary/aromatic N) is 1. The summed E-state index contributed by atoms with van der Waals surface area (Å²) in [4.78, 5) is 2.23. The van der Waals surface area contributed by atoms with Gasteiger partial charge in [0.2, 0.25) is 20.9 Å². The Morgan fingerprint density at radius 1 is 0.694 bits per heavy atom. The molecule has 0 aromatic heterocycles. The predicted octanol–water partition coefficient (Wildman–Crippen LogP) is 6.33. The smallest absolute Gasteiger partial charge is 0.485 e. The van der Waals surface area contributed by atoms with Crippen LogP contribution in [0.2, 0.25) is 0 Å². The molecule has 0 radical (unpaired) electrons. The van der Waals surface area contributed by atoms with Crippen LogP contribution < -0.4 is 4.74 Å². The summed E-state index contributed by atoms with van der Waals surface area (Å²) in [6, 6.07) is 37.2. The number of ether oxygens (including phenoxy) is 1. The summed E-state index contributed by atoms with van der Waals surface area (Å²) in [6.07, 6.45) is 0. The van der Waals surface area contributed by atoms with E-state index in [2.05, 4.69) is 72.8 Å². The highest BCUT2D eigenvalue weighted by Crippen LogP contribution is 2.44. The van der Waals surface area contributed by atoms with Crippen molar-refractivity contribution >= 4 is 26.9 Å². The molecular weight excluding hydrogens is 511 g/mol. The Balaban J connectivity index is 0.000000331. The molecule has 0 atom stereocenters. The largest absolute Gasteiger partial charge is 0.741 e. The van der Waals surface area contributed by atoms with Gasteiger partial charge < -0.3 is 9.29 Å². The van der Waals surface area contributed by atoms with Gasteiger partial charge in [0.05, 0.1) is 0 Å². The summed E-state index contributed by atoms with van der Waals surface area (Å²) in [5, 5.41) is 0. The van der Waals surface area contributed by atoms with Gasteiger partial charge in [0, 0.05) is 23.3 Å². The molecule has 1 heterocycles. The summed E-state index contributed by atoms with van der Waals surface area (Å²) in [7, 11) is -6.09. The third-order valence-electron chi connectivity index (χ3n) is 4.90. The van der Waals surface area contributed by atoms with E-state index in [0.717, 1.165) is 38.1 Å². The lowest BCUT2D eigenvalue weighted by Gasteiger charge is -2.17. The highest BCUT2D eigenvalue weighted by atomic mass is 32.2. The predicted molar refractivity (Wildman–Crippen MR) is 131 cm³/mol. The summed E-state index contributed by atoms with van der Waals surface area (Å²) in [6.45, 7) is 0. The summed E-state index contributed by atoms with van der Waals surface area (Å²) < 4.78 is 70.4. The van der Waals surface area contributed by atoms with Gasteiger partial charge in [-0.05, 0) is 16.5 Å². The normalized spacial score (nSPS) is 12.8. The quantitative estimate of drug-likeness (QED) is 0.134. The van der Waals surface area contributed by atoms with Crippen molar-refractivity contribution in [2.24, 2.45) is 4.40 Å². The zero-order valence-corrected chi connectivity index (χ0v) is 20.1. The Morgan fingerprint density at radius 3 is 1.44 bits per heavy atom. The first-order chi connectivity index (χ1) is 17.1. The van der Waals surface area contributed by atoms with Crippen molar-refractivity contribution in [1.82, 2.24) is 0 Å². The Hall–Kier alpha value is -3.60. The van der Waals surface area contributed by atoms with E-state index < -0.39 is 26.7 Å². The van der Waals surface area contributed by atoms with E-state index in [0.29, 0.717) is 0 Å². The SMILES string of the molecule is O=S(=O)([O-])C(F)(F)F.c1ccc(C(=N[S+]2c3ccccc3Oc3ccccc32)c2ccccc2)cc1. The highest BCUT2D eigenvalue weighted by molar-refractivity contribution is 7.96. The van der Waals surface area contributed by atoms with Crippen LogP contribution in [0.4, 0.5) is 13.2 Å². The average Bonchev–Trinajstić information content (AvgIpc) is 2.87. The zero-order valence-electron chi connectivity index (χ0n) is 18.4. The Bertz CT molecular complexity index is 1390. The van der Waals surface area contributed by atoms with Gasteiger partial charge in [0.25, 0.3) is 0 Å². The number of para-hydroxylation sites is 2. The molecule has 0 aliphatic carbocycles. The molecule has 0 unspecified atom stereocenters. The summed E-state index contributed by atoms with van der Waals surface area (Å²) >= 11 is -0.463. The molecule has 1 aliphatic rings. The molecule has 10 heteroatoms. The topological polar surface area (TPSA) is 78.8 Å². The van der Waals surface area contributed by atoms with Gasteiger partial charge in [-0.25, -0.2) is 8.42 Å². The lowest BCUT2D eigenvalue weighted by molar-refractivity contribution is -0.0517.